The molecule has 4 heteroatoms. The van der Waals surface area contributed by atoms with Crippen LogP contribution < -0.4 is 10.6 Å². The number of hydrogen-bond acceptors (Lipinski definition) is 1. The van der Waals surface area contributed by atoms with Gasteiger partial charge in [-0.2, -0.15) is 0 Å². The molecule has 2 amide bonds. The summed E-state index contributed by atoms with van der Waals surface area (Å²) in [6.07, 6.45) is 6.01. The summed E-state index contributed by atoms with van der Waals surface area (Å²) in [5.41, 5.74) is 1.23. The van der Waals surface area contributed by atoms with Gasteiger partial charge in [-0.25, -0.2) is 4.79 Å². The molecule has 3 nitrogen and oxygen atoms in total. The van der Waals surface area contributed by atoms with Crippen molar-refractivity contribution in [3.8, 4) is 0 Å². The van der Waals surface area contributed by atoms with Gasteiger partial charge in [0, 0.05) is 17.6 Å². The maximum Gasteiger partial charge on any atom is 0.314 e. The first-order valence-electron chi connectivity index (χ1n) is 7.00. The fraction of sp³-hybridized carbons (Fsp3) is 0.533. The number of amides is 2. The SMILES string of the molecule is O=C(NCCc1cccc(Br)c1)NCC1CCCC1. The number of nitrogens with one attached hydrogen (secondary N) is 2. The molecule has 0 spiro atoms. The first-order valence-corrected chi connectivity index (χ1v) is 7.79. The Morgan fingerprint density at radius 3 is 2.79 bits per heavy atom. The Morgan fingerprint density at radius 1 is 1.26 bits per heavy atom. The molecule has 1 aliphatic carbocycles. The first-order chi connectivity index (χ1) is 9.24. The summed E-state index contributed by atoms with van der Waals surface area (Å²) in [6, 6.07) is 8.13. The minimum atomic E-state index is -0.0399. The summed E-state index contributed by atoms with van der Waals surface area (Å²) < 4.78 is 1.08. The Morgan fingerprint density at radius 2 is 2.05 bits per heavy atom. The van der Waals surface area contributed by atoms with Crippen molar-refractivity contribution in [1.29, 1.82) is 0 Å². The summed E-state index contributed by atoms with van der Waals surface area (Å²) in [7, 11) is 0. The fourth-order valence-electron chi connectivity index (χ4n) is 2.53. The summed E-state index contributed by atoms with van der Waals surface area (Å²) >= 11 is 3.45. The van der Waals surface area contributed by atoms with Crippen LogP contribution >= 0.6 is 15.9 Å². The van der Waals surface area contributed by atoms with Crippen LogP contribution in [-0.2, 0) is 6.42 Å². The van der Waals surface area contributed by atoms with Crippen LogP contribution in [0.1, 0.15) is 31.2 Å². The van der Waals surface area contributed by atoms with Crippen molar-refractivity contribution < 1.29 is 4.79 Å². The minimum absolute atomic E-state index is 0.0399. The molecule has 0 atom stereocenters. The lowest BCUT2D eigenvalue weighted by atomic mass is 10.1. The van der Waals surface area contributed by atoms with E-state index in [0.717, 1.165) is 17.4 Å². The predicted octanol–water partition coefficient (Wildman–Crippen LogP) is 3.48. The highest BCUT2D eigenvalue weighted by atomic mass is 79.9. The van der Waals surface area contributed by atoms with Gasteiger partial charge in [0.15, 0.2) is 0 Å². The number of carbonyl (C=O) groups excluding carboxylic acids is 1. The molecule has 0 aliphatic heterocycles. The minimum Gasteiger partial charge on any atom is -0.338 e. The third-order valence-corrected chi connectivity index (χ3v) is 4.11. The van der Waals surface area contributed by atoms with Crippen LogP contribution in [0.3, 0.4) is 0 Å². The molecule has 1 aromatic carbocycles. The number of halogens is 1. The summed E-state index contributed by atoms with van der Waals surface area (Å²) in [6.45, 7) is 1.50. The topological polar surface area (TPSA) is 41.1 Å². The maximum atomic E-state index is 11.6. The molecule has 0 unspecified atom stereocenters. The van der Waals surface area contributed by atoms with Crippen molar-refractivity contribution >= 4 is 22.0 Å². The van der Waals surface area contributed by atoms with E-state index in [2.05, 4.69) is 38.7 Å². The molecule has 0 radical (unpaired) electrons. The zero-order valence-electron chi connectivity index (χ0n) is 11.1. The van der Waals surface area contributed by atoms with Crippen molar-refractivity contribution in [2.75, 3.05) is 13.1 Å². The van der Waals surface area contributed by atoms with E-state index in [9.17, 15) is 4.79 Å². The average Bonchev–Trinajstić information content (AvgIpc) is 2.89. The number of urea groups is 1. The molecule has 0 aromatic heterocycles. The largest absolute Gasteiger partial charge is 0.338 e. The van der Waals surface area contributed by atoms with Gasteiger partial charge in [-0.1, -0.05) is 40.9 Å². The number of benzene rings is 1. The van der Waals surface area contributed by atoms with Crippen molar-refractivity contribution in [3.05, 3.63) is 34.3 Å². The lowest BCUT2D eigenvalue weighted by Gasteiger charge is -2.11. The van der Waals surface area contributed by atoms with Crippen molar-refractivity contribution in [2.45, 2.75) is 32.1 Å². The molecular weight excluding hydrogens is 304 g/mol. The molecule has 2 N–H and O–H groups in total. The normalized spacial score (nSPS) is 15.4. The Balaban J connectivity index is 1.60. The van der Waals surface area contributed by atoms with Crippen LogP contribution in [0, 0.1) is 5.92 Å². The monoisotopic (exact) mass is 324 g/mol. The molecule has 2 rings (SSSR count). The van der Waals surface area contributed by atoms with E-state index < -0.39 is 0 Å². The maximum absolute atomic E-state index is 11.6. The van der Waals surface area contributed by atoms with Gasteiger partial charge in [0.1, 0.15) is 0 Å². The van der Waals surface area contributed by atoms with E-state index in [4.69, 9.17) is 0 Å². The Labute approximate surface area is 123 Å². The lowest BCUT2D eigenvalue weighted by Crippen LogP contribution is -2.38. The van der Waals surface area contributed by atoms with E-state index in [-0.39, 0.29) is 6.03 Å². The number of rotatable bonds is 5. The van der Waals surface area contributed by atoms with Crippen molar-refractivity contribution in [1.82, 2.24) is 10.6 Å². The molecule has 0 bridgehead atoms. The van der Waals surface area contributed by atoms with Gasteiger partial charge in [-0.3, -0.25) is 0 Å². The molecular formula is C15H21BrN2O. The van der Waals surface area contributed by atoms with Gasteiger partial charge in [0.2, 0.25) is 0 Å². The lowest BCUT2D eigenvalue weighted by molar-refractivity contribution is 0.239. The zero-order valence-corrected chi connectivity index (χ0v) is 12.7. The van der Waals surface area contributed by atoms with Crippen molar-refractivity contribution in [2.24, 2.45) is 5.92 Å². The second-order valence-electron chi connectivity index (χ2n) is 5.17. The third-order valence-electron chi connectivity index (χ3n) is 3.61. The van der Waals surface area contributed by atoms with Gasteiger partial charge in [-0.05, 0) is 42.9 Å². The van der Waals surface area contributed by atoms with Crippen LogP contribution in [-0.4, -0.2) is 19.1 Å². The first kappa shape index (κ1) is 14.4. The summed E-state index contributed by atoms with van der Waals surface area (Å²) in [4.78, 5) is 11.6. The Hall–Kier alpha value is -1.03. The summed E-state index contributed by atoms with van der Waals surface area (Å²) in [5.74, 6) is 0.691. The molecule has 1 fully saturated rings. The van der Waals surface area contributed by atoms with E-state index in [1.165, 1.54) is 31.2 Å². The van der Waals surface area contributed by atoms with Crippen LogP contribution in [0.5, 0.6) is 0 Å². The van der Waals surface area contributed by atoms with Gasteiger partial charge in [-0.15, -0.1) is 0 Å². The molecule has 1 aliphatic rings. The third kappa shape index (κ3) is 5.23. The Kier molecular flexibility index (Phi) is 5.70. The van der Waals surface area contributed by atoms with E-state index in [1.807, 2.05) is 12.1 Å². The number of carbonyl (C=O) groups is 1. The van der Waals surface area contributed by atoms with Gasteiger partial charge >= 0.3 is 6.03 Å². The van der Waals surface area contributed by atoms with Crippen molar-refractivity contribution in [3.63, 3.8) is 0 Å². The van der Waals surface area contributed by atoms with Gasteiger partial charge in [0.05, 0.1) is 0 Å². The van der Waals surface area contributed by atoms with Gasteiger partial charge < -0.3 is 10.6 Å². The number of hydrogen-bond donors (Lipinski definition) is 2. The second-order valence-corrected chi connectivity index (χ2v) is 6.08. The van der Waals surface area contributed by atoms with Crippen LogP contribution in [0.2, 0.25) is 0 Å². The van der Waals surface area contributed by atoms with Gasteiger partial charge in [0.25, 0.3) is 0 Å². The molecule has 104 valence electrons. The van der Waals surface area contributed by atoms with E-state index >= 15 is 0 Å². The predicted molar refractivity (Wildman–Crippen MR) is 81.2 cm³/mol. The fourth-order valence-corrected chi connectivity index (χ4v) is 2.97. The molecule has 1 saturated carbocycles. The second kappa shape index (κ2) is 7.53. The van der Waals surface area contributed by atoms with Crippen LogP contribution in [0.4, 0.5) is 4.79 Å². The smallest absolute Gasteiger partial charge is 0.314 e. The average molecular weight is 325 g/mol. The van der Waals surface area contributed by atoms with Crippen LogP contribution in [0.15, 0.2) is 28.7 Å². The molecule has 0 saturated heterocycles. The van der Waals surface area contributed by atoms with E-state index in [1.54, 1.807) is 0 Å². The highest BCUT2D eigenvalue weighted by Gasteiger charge is 2.15. The standard InChI is InChI=1S/C15H21BrN2O/c16-14-7-3-6-12(10-14)8-9-17-15(19)18-11-13-4-1-2-5-13/h3,6-7,10,13H,1-2,4-5,8-9,11H2,(H2,17,18,19). The highest BCUT2D eigenvalue weighted by molar-refractivity contribution is 9.10. The quantitative estimate of drug-likeness (QED) is 0.855. The van der Waals surface area contributed by atoms with E-state index in [0.29, 0.717) is 12.5 Å². The molecule has 1 aromatic rings. The zero-order chi connectivity index (χ0) is 13.5. The highest BCUT2D eigenvalue weighted by Crippen LogP contribution is 2.23. The molecule has 19 heavy (non-hydrogen) atoms. The Bertz CT molecular complexity index is 416. The molecule has 0 heterocycles. The van der Waals surface area contributed by atoms with Crippen LogP contribution in [0.25, 0.3) is 0 Å². The summed E-state index contributed by atoms with van der Waals surface area (Å²) in [5, 5.41) is 5.87.